The molecule has 0 bridgehead atoms. The van der Waals surface area contributed by atoms with Crippen LogP contribution in [-0.2, 0) is 0 Å². The Morgan fingerprint density at radius 3 is 2.61 bits per heavy atom. The fourth-order valence-electron chi connectivity index (χ4n) is 4.88. The molecule has 2 atom stereocenters. The van der Waals surface area contributed by atoms with E-state index in [-0.39, 0.29) is 12.1 Å². The van der Waals surface area contributed by atoms with Crippen LogP contribution in [0.25, 0.3) is 0 Å². The van der Waals surface area contributed by atoms with Crippen molar-refractivity contribution in [1.29, 1.82) is 0 Å². The van der Waals surface area contributed by atoms with E-state index in [1.165, 1.54) is 31.2 Å². The molecule has 3 aromatic rings. The maximum Gasteiger partial charge on any atom is 0.174 e. The number of pyridine rings is 1. The van der Waals surface area contributed by atoms with Crippen molar-refractivity contribution in [2.45, 2.75) is 50.7 Å². The van der Waals surface area contributed by atoms with Crippen molar-refractivity contribution >= 4 is 23.0 Å². The number of nitrogens with one attached hydrogen (secondary N) is 1. The first kappa shape index (κ1) is 20.1. The van der Waals surface area contributed by atoms with Gasteiger partial charge in [0, 0.05) is 30.3 Å². The summed E-state index contributed by atoms with van der Waals surface area (Å²) in [6, 6.07) is 17.1. The topological polar surface area (TPSA) is 42.3 Å². The summed E-state index contributed by atoms with van der Waals surface area (Å²) in [6.45, 7) is 2.65. The summed E-state index contributed by atoms with van der Waals surface area (Å²) < 4.78 is 8.03. The van der Waals surface area contributed by atoms with Gasteiger partial charge in [-0.1, -0.05) is 18.9 Å². The summed E-state index contributed by atoms with van der Waals surface area (Å²) in [4.78, 5) is 6.87. The first-order valence-electron chi connectivity index (χ1n) is 11.2. The molecule has 2 aromatic heterocycles. The van der Waals surface area contributed by atoms with Gasteiger partial charge in [-0.05, 0) is 80.0 Å². The summed E-state index contributed by atoms with van der Waals surface area (Å²) in [5.74, 6) is 0.870. The average molecular weight is 433 g/mol. The molecule has 2 fully saturated rings. The van der Waals surface area contributed by atoms with E-state index < -0.39 is 0 Å². The van der Waals surface area contributed by atoms with E-state index in [0.717, 1.165) is 22.2 Å². The molecule has 3 heterocycles. The quantitative estimate of drug-likeness (QED) is 0.516. The van der Waals surface area contributed by atoms with Gasteiger partial charge in [-0.3, -0.25) is 4.98 Å². The normalized spacial score (nSPS) is 21.5. The van der Waals surface area contributed by atoms with E-state index in [1.807, 2.05) is 37.4 Å². The van der Waals surface area contributed by atoms with Crippen LogP contribution in [0.4, 0.5) is 5.69 Å². The SMILES string of the molecule is CCOc1ccc(N2C(=S)N[C@H](c3ccccn3)[C@H]2c2ccn(C3CCCC3)c2)cc1. The van der Waals surface area contributed by atoms with E-state index in [4.69, 9.17) is 17.0 Å². The van der Waals surface area contributed by atoms with Crippen LogP contribution >= 0.6 is 12.2 Å². The predicted octanol–water partition coefficient (Wildman–Crippen LogP) is 5.57. The van der Waals surface area contributed by atoms with Crippen LogP contribution in [0.15, 0.2) is 67.1 Å². The van der Waals surface area contributed by atoms with Crippen molar-refractivity contribution in [1.82, 2.24) is 14.9 Å². The predicted molar refractivity (Wildman–Crippen MR) is 127 cm³/mol. The van der Waals surface area contributed by atoms with Gasteiger partial charge in [-0.2, -0.15) is 0 Å². The summed E-state index contributed by atoms with van der Waals surface area (Å²) in [5, 5.41) is 4.26. The van der Waals surface area contributed by atoms with E-state index in [1.54, 1.807) is 0 Å². The smallest absolute Gasteiger partial charge is 0.174 e. The van der Waals surface area contributed by atoms with Gasteiger partial charge in [0.2, 0.25) is 0 Å². The van der Waals surface area contributed by atoms with Gasteiger partial charge in [-0.25, -0.2) is 0 Å². The molecular weight excluding hydrogens is 404 g/mol. The van der Waals surface area contributed by atoms with Crippen molar-refractivity contribution in [3.63, 3.8) is 0 Å². The second-order valence-corrected chi connectivity index (χ2v) is 8.64. The van der Waals surface area contributed by atoms with Gasteiger partial charge in [0.25, 0.3) is 0 Å². The Kier molecular flexibility index (Phi) is 5.64. The van der Waals surface area contributed by atoms with Crippen molar-refractivity contribution in [3.05, 3.63) is 78.4 Å². The second-order valence-electron chi connectivity index (χ2n) is 8.25. The molecule has 5 rings (SSSR count). The lowest BCUT2D eigenvalue weighted by Crippen LogP contribution is -2.29. The second kappa shape index (κ2) is 8.71. The maximum atomic E-state index is 5.82. The molecule has 1 saturated heterocycles. The van der Waals surface area contributed by atoms with Gasteiger partial charge in [0.05, 0.1) is 24.4 Å². The third-order valence-electron chi connectivity index (χ3n) is 6.35. The van der Waals surface area contributed by atoms with Crippen LogP contribution in [0.3, 0.4) is 0 Å². The molecule has 6 heteroatoms. The number of ether oxygens (including phenoxy) is 1. The molecule has 1 aliphatic carbocycles. The van der Waals surface area contributed by atoms with Crippen molar-refractivity contribution in [2.24, 2.45) is 0 Å². The Labute approximate surface area is 189 Å². The molecular formula is C25H28N4OS. The average Bonchev–Trinajstić information content (AvgIpc) is 3.55. The van der Waals surface area contributed by atoms with E-state index in [9.17, 15) is 0 Å². The molecule has 5 nitrogen and oxygen atoms in total. The molecule has 1 aromatic carbocycles. The summed E-state index contributed by atoms with van der Waals surface area (Å²) in [7, 11) is 0. The molecule has 0 amide bonds. The number of hydrogen-bond donors (Lipinski definition) is 1. The highest BCUT2D eigenvalue weighted by Gasteiger charge is 2.41. The Hall–Kier alpha value is -2.86. The van der Waals surface area contributed by atoms with Crippen LogP contribution in [-0.4, -0.2) is 21.3 Å². The summed E-state index contributed by atoms with van der Waals surface area (Å²) in [6.07, 6.45) is 11.6. The van der Waals surface area contributed by atoms with Crippen molar-refractivity contribution in [2.75, 3.05) is 11.5 Å². The molecule has 160 valence electrons. The third-order valence-corrected chi connectivity index (χ3v) is 6.66. The number of thiocarbonyl (C=S) groups is 1. The molecule has 1 N–H and O–H groups in total. The van der Waals surface area contributed by atoms with Gasteiger partial charge in [-0.15, -0.1) is 0 Å². The third kappa shape index (κ3) is 3.92. The standard InChI is InChI=1S/C25H28N4OS/c1-2-30-21-12-10-20(11-13-21)29-24(18-14-16-28(17-18)19-7-3-4-8-19)23(27-25(29)31)22-9-5-6-15-26-22/h5-6,9-17,19,23-24H,2-4,7-8H2,1H3,(H,27,31)/t23-,24-/m1/s1. The van der Waals surface area contributed by atoms with Gasteiger partial charge in [0.15, 0.2) is 5.11 Å². The zero-order valence-electron chi connectivity index (χ0n) is 17.8. The lowest BCUT2D eigenvalue weighted by molar-refractivity contribution is 0.340. The van der Waals surface area contributed by atoms with Crippen molar-refractivity contribution in [3.8, 4) is 5.75 Å². The number of anilines is 1. The lowest BCUT2D eigenvalue weighted by Gasteiger charge is -2.27. The minimum Gasteiger partial charge on any atom is -0.494 e. The minimum atomic E-state index is -0.0142. The number of aromatic nitrogens is 2. The van der Waals surface area contributed by atoms with Crippen LogP contribution in [0.1, 0.15) is 62.0 Å². The van der Waals surface area contributed by atoms with E-state index in [0.29, 0.717) is 12.6 Å². The van der Waals surface area contributed by atoms with Gasteiger partial charge < -0.3 is 19.5 Å². The highest BCUT2D eigenvalue weighted by atomic mass is 32.1. The number of rotatable bonds is 6. The molecule has 0 radical (unpaired) electrons. The highest BCUT2D eigenvalue weighted by Crippen LogP contribution is 2.42. The highest BCUT2D eigenvalue weighted by molar-refractivity contribution is 7.80. The zero-order valence-corrected chi connectivity index (χ0v) is 18.6. The van der Waals surface area contributed by atoms with Crippen LogP contribution in [0.2, 0.25) is 0 Å². The fraction of sp³-hybridized carbons (Fsp3) is 0.360. The van der Waals surface area contributed by atoms with E-state index in [2.05, 4.69) is 56.4 Å². The Balaban J connectivity index is 1.53. The number of nitrogens with zero attached hydrogens (tertiary/aromatic N) is 3. The van der Waals surface area contributed by atoms with Crippen molar-refractivity contribution < 1.29 is 4.74 Å². The molecule has 0 unspecified atom stereocenters. The van der Waals surface area contributed by atoms with Crippen LogP contribution in [0.5, 0.6) is 5.75 Å². The number of hydrogen-bond acceptors (Lipinski definition) is 3. The molecule has 31 heavy (non-hydrogen) atoms. The Bertz CT molecular complexity index is 1030. The molecule has 2 aliphatic rings. The first-order chi connectivity index (χ1) is 15.2. The monoisotopic (exact) mass is 432 g/mol. The maximum absolute atomic E-state index is 5.82. The van der Waals surface area contributed by atoms with Gasteiger partial charge >= 0.3 is 0 Å². The Morgan fingerprint density at radius 2 is 1.90 bits per heavy atom. The molecule has 0 spiro atoms. The van der Waals surface area contributed by atoms with E-state index >= 15 is 0 Å². The molecule has 1 aliphatic heterocycles. The summed E-state index contributed by atoms with van der Waals surface area (Å²) in [5.41, 5.74) is 3.30. The van der Waals surface area contributed by atoms with Gasteiger partial charge in [0.1, 0.15) is 5.75 Å². The minimum absolute atomic E-state index is 0.0142. The largest absolute Gasteiger partial charge is 0.494 e. The fourth-order valence-corrected chi connectivity index (χ4v) is 5.22. The zero-order chi connectivity index (χ0) is 21.2. The lowest BCUT2D eigenvalue weighted by atomic mass is 9.98. The summed E-state index contributed by atoms with van der Waals surface area (Å²) >= 11 is 5.82. The van der Waals surface area contributed by atoms with Crippen LogP contribution < -0.4 is 15.0 Å². The van der Waals surface area contributed by atoms with Crippen LogP contribution in [0, 0.1) is 0 Å². The molecule has 1 saturated carbocycles. The number of benzene rings is 1. The first-order valence-corrected chi connectivity index (χ1v) is 11.6. The Morgan fingerprint density at radius 1 is 1.10 bits per heavy atom.